The van der Waals surface area contributed by atoms with Crippen LogP contribution in [0.15, 0.2) is 18.2 Å². The van der Waals surface area contributed by atoms with Crippen molar-refractivity contribution in [3.8, 4) is 5.75 Å². The molecular weight excluding hydrogens is 208 g/mol. The number of amides is 1. The van der Waals surface area contributed by atoms with E-state index in [-0.39, 0.29) is 19.2 Å². The van der Waals surface area contributed by atoms with Crippen molar-refractivity contribution in [3.63, 3.8) is 0 Å². The van der Waals surface area contributed by atoms with Crippen LogP contribution in [0, 0.1) is 0 Å². The summed E-state index contributed by atoms with van der Waals surface area (Å²) >= 11 is 0. The quantitative estimate of drug-likeness (QED) is 0.711. The number of likely N-dealkylation sites (N-methyl/N-ethyl adjacent to an activating group) is 1. The number of rotatable bonds is 3. The van der Waals surface area contributed by atoms with Crippen molar-refractivity contribution >= 4 is 11.6 Å². The maximum absolute atomic E-state index is 11.4. The normalized spacial score (nSPS) is 14.6. The van der Waals surface area contributed by atoms with Crippen LogP contribution >= 0.6 is 0 Å². The van der Waals surface area contributed by atoms with Crippen molar-refractivity contribution in [3.05, 3.63) is 23.8 Å². The number of hydrogen-bond acceptors (Lipinski definition) is 4. The Bertz CT molecular complexity index is 406. The highest BCUT2D eigenvalue weighted by atomic mass is 16.5. The first-order chi connectivity index (χ1) is 7.72. The number of aliphatic hydroxyl groups is 1. The highest BCUT2D eigenvalue weighted by Gasteiger charge is 2.21. The predicted molar refractivity (Wildman–Crippen MR) is 59.3 cm³/mol. The van der Waals surface area contributed by atoms with E-state index in [2.05, 4.69) is 5.32 Å². The summed E-state index contributed by atoms with van der Waals surface area (Å²) < 4.78 is 5.30. The van der Waals surface area contributed by atoms with Gasteiger partial charge in [0, 0.05) is 13.6 Å². The lowest BCUT2D eigenvalue weighted by Crippen LogP contribution is -2.35. The van der Waals surface area contributed by atoms with E-state index in [1.54, 1.807) is 11.9 Å². The number of nitrogens with zero attached hydrogens (tertiary/aromatic N) is 1. The van der Waals surface area contributed by atoms with Crippen molar-refractivity contribution in [1.29, 1.82) is 0 Å². The Kier molecular flexibility index (Phi) is 3.07. The van der Waals surface area contributed by atoms with Gasteiger partial charge in [0.2, 0.25) is 0 Å². The molecule has 2 rings (SSSR count). The van der Waals surface area contributed by atoms with Gasteiger partial charge in [-0.25, -0.2) is 0 Å². The Morgan fingerprint density at radius 1 is 1.56 bits per heavy atom. The molecule has 0 saturated carbocycles. The lowest BCUT2D eigenvalue weighted by molar-refractivity contribution is -0.120. The number of benzene rings is 1. The molecule has 0 aromatic heterocycles. The van der Waals surface area contributed by atoms with Gasteiger partial charge in [-0.05, 0) is 17.7 Å². The monoisotopic (exact) mass is 222 g/mol. The van der Waals surface area contributed by atoms with Gasteiger partial charge in [-0.15, -0.1) is 0 Å². The zero-order valence-corrected chi connectivity index (χ0v) is 9.06. The minimum absolute atomic E-state index is 0.0558. The van der Waals surface area contributed by atoms with Crippen molar-refractivity contribution in [2.75, 3.05) is 25.3 Å². The van der Waals surface area contributed by atoms with Gasteiger partial charge in [0.25, 0.3) is 5.91 Å². The van der Waals surface area contributed by atoms with E-state index >= 15 is 0 Å². The molecule has 1 aliphatic rings. The summed E-state index contributed by atoms with van der Waals surface area (Å²) in [5.41, 5.74) is 1.77. The van der Waals surface area contributed by atoms with Crippen LogP contribution in [-0.4, -0.2) is 31.4 Å². The minimum Gasteiger partial charge on any atom is -0.482 e. The molecule has 16 heavy (non-hydrogen) atoms. The van der Waals surface area contributed by atoms with Crippen LogP contribution in [0.5, 0.6) is 5.75 Å². The van der Waals surface area contributed by atoms with Gasteiger partial charge >= 0.3 is 0 Å². The second kappa shape index (κ2) is 4.51. The molecule has 86 valence electrons. The van der Waals surface area contributed by atoms with Crippen LogP contribution in [-0.2, 0) is 11.3 Å². The van der Waals surface area contributed by atoms with Gasteiger partial charge in [-0.2, -0.15) is 0 Å². The smallest absolute Gasteiger partial charge is 0.264 e. The van der Waals surface area contributed by atoms with E-state index in [1.165, 1.54) is 0 Å². The van der Waals surface area contributed by atoms with Gasteiger partial charge in [-0.3, -0.25) is 10.1 Å². The number of hydrogen-bond donors (Lipinski definition) is 2. The van der Waals surface area contributed by atoms with Crippen LogP contribution < -0.4 is 15.0 Å². The first-order valence-electron chi connectivity index (χ1n) is 5.06. The third-order valence-corrected chi connectivity index (χ3v) is 2.55. The first-order valence-corrected chi connectivity index (χ1v) is 5.06. The van der Waals surface area contributed by atoms with Crippen molar-refractivity contribution in [2.24, 2.45) is 0 Å². The Morgan fingerprint density at radius 3 is 3.12 bits per heavy atom. The van der Waals surface area contributed by atoms with E-state index in [0.717, 1.165) is 17.0 Å². The molecule has 0 fully saturated rings. The summed E-state index contributed by atoms with van der Waals surface area (Å²) in [4.78, 5) is 13.0. The zero-order chi connectivity index (χ0) is 11.5. The molecule has 0 atom stereocenters. The van der Waals surface area contributed by atoms with Crippen molar-refractivity contribution < 1.29 is 14.6 Å². The highest BCUT2D eigenvalue weighted by Crippen LogP contribution is 2.31. The van der Waals surface area contributed by atoms with Gasteiger partial charge < -0.3 is 14.7 Å². The van der Waals surface area contributed by atoms with Crippen molar-refractivity contribution in [2.45, 2.75) is 6.54 Å². The second-order valence-electron chi connectivity index (χ2n) is 3.63. The lowest BCUT2D eigenvalue weighted by atomic mass is 10.1. The molecule has 5 heteroatoms. The van der Waals surface area contributed by atoms with Gasteiger partial charge in [0.1, 0.15) is 5.75 Å². The molecule has 0 spiro atoms. The SMILES string of the molecule is CN1C(=O)COc2ccc(CNCO)cc21. The summed E-state index contributed by atoms with van der Waals surface area (Å²) in [6, 6.07) is 5.63. The molecule has 1 aromatic rings. The van der Waals surface area contributed by atoms with Crippen molar-refractivity contribution in [1.82, 2.24) is 5.32 Å². The van der Waals surface area contributed by atoms with E-state index in [4.69, 9.17) is 9.84 Å². The number of carbonyl (C=O) groups is 1. The molecule has 1 heterocycles. The van der Waals surface area contributed by atoms with E-state index < -0.39 is 0 Å². The summed E-state index contributed by atoms with van der Waals surface area (Å²) in [6.07, 6.45) is 0. The molecule has 0 radical (unpaired) electrons. The third-order valence-electron chi connectivity index (χ3n) is 2.55. The largest absolute Gasteiger partial charge is 0.482 e. The molecule has 0 bridgehead atoms. The maximum atomic E-state index is 11.4. The van der Waals surface area contributed by atoms with E-state index in [0.29, 0.717) is 6.54 Å². The Hall–Kier alpha value is -1.59. The Labute approximate surface area is 93.6 Å². The number of nitrogens with one attached hydrogen (secondary N) is 1. The molecule has 5 nitrogen and oxygen atoms in total. The molecule has 1 amide bonds. The van der Waals surface area contributed by atoms with Crippen LogP contribution in [0.1, 0.15) is 5.56 Å². The second-order valence-corrected chi connectivity index (χ2v) is 3.63. The number of fused-ring (bicyclic) bond motifs is 1. The fourth-order valence-electron chi connectivity index (χ4n) is 1.63. The Balaban J connectivity index is 2.25. The average Bonchev–Trinajstić information content (AvgIpc) is 2.31. The average molecular weight is 222 g/mol. The summed E-state index contributed by atoms with van der Waals surface area (Å²) in [7, 11) is 1.73. The summed E-state index contributed by atoms with van der Waals surface area (Å²) in [5.74, 6) is 0.662. The van der Waals surface area contributed by atoms with E-state index in [1.807, 2.05) is 18.2 Å². The maximum Gasteiger partial charge on any atom is 0.264 e. The molecule has 1 aromatic carbocycles. The standard InChI is InChI=1S/C11H14N2O3/c1-13-9-4-8(5-12-7-14)2-3-10(9)16-6-11(13)15/h2-4,12,14H,5-7H2,1H3. The summed E-state index contributed by atoms with van der Waals surface area (Å²) in [5, 5.41) is 11.5. The van der Waals surface area contributed by atoms with Crippen LogP contribution in [0.4, 0.5) is 5.69 Å². The molecule has 0 saturated heterocycles. The van der Waals surface area contributed by atoms with Gasteiger partial charge in [0.15, 0.2) is 6.61 Å². The van der Waals surface area contributed by atoms with Crippen LogP contribution in [0.2, 0.25) is 0 Å². The number of carbonyl (C=O) groups excluding carboxylic acids is 1. The van der Waals surface area contributed by atoms with Gasteiger partial charge in [0.05, 0.1) is 12.4 Å². The molecule has 0 aliphatic carbocycles. The summed E-state index contributed by atoms with van der Waals surface area (Å²) in [6.45, 7) is 0.589. The molecular formula is C11H14N2O3. The van der Waals surface area contributed by atoms with E-state index in [9.17, 15) is 4.79 Å². The first kappa shape index (κ1) is 10.9. The minimum atomic E-state index is -0.0671. The lowest BCUT2D eigenvalue weighted by Gasteiger charge is -2.26. The molecule has 2 N–H and O–H groups in total. The molecule has 0 unspecified atom stereocenters. The van der Waals surface area contributed by atoms with Crippen LogP contribution in [0.3, 0.4) is 0 Å². The number of ether oxygens (including phenoxy) is 1. The van der Waals surface area contributed by atoms with Crippen LogP contribution in [0.25, 0.3) is 0 Å². The highest BCUT2D eigenvalue weighted by molar-refractivity contribution is 5.97. The fourth-order valence-corrected chi connectivity index (χ4v) is 1.63. The van der Waals surface area contributed by atoms with Gasteiger partial charge in [-0.1, -0.05) is 6.07 Å². The predicted octanol–water partition coefficient (Wildman–Crippen LogP) is 0.0812. The zero-order valence-electron chi connectivity index (χ0n) is 9.06. The fraction of sp³-hybridized carbons (Fsp3) is 0.364. The topological polar surface area (TPSA) is 61.8 Å². The number of anilines is 1. The molecule has 1 aliphatic heterocycles. The third kappa shape index (κ3) is 2.00. The Morgan fingerprint density at radius 2 is 2.38 bits per heavy atom. The number of aliphatic hydroxyl groups excluding tert-OH is 1.